The van der Waals surface area contributed by atoms with Crippen molar-refractivity contribution in [2.24, 2.45) is 0 Å². The van der Waals surface area contributed by atoms with Gasteiger partial charge < -0.3 is 9.80 Å². The fourth-order valence-corrected chi connectivity index (χ4v) is 4.88. The molecule has 1 aliphatic heterocycles. The van der Waals surface area contributed by atoms with E-state index in [4.69, 9.17) is 11.6 Å². The molecule has 1 fully saturated rings. The molecule has 2 aromatic carbocycles. The van der Waals surface area contributed by atoms with Crippen molar-refractivity contribution in [3.63, 3.8) is 0 Å². The third kappa shape index (κ3) is 5.46. The Hall–Kier alpha value is -3.18. The summed E-state index contributed by atoms with van der Waals surface area (Å²) in [5, 5.41) is -0.154. The number of rotatable bonds is 4. The number of hydrogen-bond acceptors (Lipinski definition) is 5. The predicted molar refractivity (Wildman–Crippen MR) is 127 cm³/mol. The Kier molecular flexibility index (Phi) is 6.98. The molecule has 4 rings (SSSR count). The zero-order valence-corrected chi connectivity index (χ0v) is 20.5. The molecule has 36 heavy (non-hydrogen) atoms. The van der Waals surface area contributed by atoms with Crippen molar-refractivity contribution in [2.45, 2.75) is 11.1 Å². The molecule has 3 aromatic rings. The molecule has 1 aromatic heterocycles. The number of alkyl halides is 3. The fraction of sp³-hybridized carbons (Fsp3) is 0.250. The summed E-state index contributed by atoms with van der Waals surface area (Å²) in [7, 11) is -3.62. The summed E-state index contributed by atoms with van der Waals surface area (Å²) < 4.78 is 76.8. The van der Waals surface area contributed by atoms with E-state index in [1.54, 1.807) is 11.0 Å². The number of piperazine rings is 1. The van der Waals surface area contributed by atoms with Gasteiger partial charge in [0.15, 0.2) is 9.84 Å². The Balaban J connectivity index is 1.59. The molecule has 0 spiro atoms. The topological polar surface area (TPSA) is 70.6 Å². The van der Waals surface area contributed by atoms with Crippen LogP contribution in [0.4, 0.5) is 23.4 Å². The van der Waals surface area contributed by atoms with Crippen LogP contribution in [-0.2, 0) is 16.0 Å². The number of sulfone groups is 1. The van der Waals surface area contributed by atoms with Crippen molar-refractivity contribution in [3.05, 3.63) is 76.7 Å². The highest BCUT2D eigenvalue weighted by Gasteiger charge is 2.33. The molecule has 12 heteroatoms. The van der Waals surface area contributed by atoms with Crippen LogP contribution in [0.25, 0.3) is 11.1 Å². The second-order valence-corrected chi connectivity index (χ2v) is 10.7. The maximum absolute atomic E-state index is 13.9. The minimum Gasteiger partial charge on any atom is -0.352 e. The zero-order chi connectivity index (χ0) is 26.3. The molecule has 190 valence electrons. The third-order valence-corrected chi connectivity index (χ3v) is 7.19. The van der Waals surface area contributed by atoms with Gasteiger partial charge in [-0.1, -0.05) is 29.8 Å². The van der Waals surface area contributed by atoms with Gasteiger partial charge in [-0.3, -0.25) is 4.79 Å². The van der Waals surface area contributed by atoms with Crippen molar-refractivity contribution < 1.29 is 30.8 Å². The number of amides is 1. The first-order chi connectivity index (χ1) is 16.8. The van der Waals surface area contributed by atoms with E-state index in [0.29, 0.717) is 17.3 Å². The number of nitrogens with zero attached hydrogens (tertiary/aromatic N) is 3. The van der Waals surface area contributed by atoms with Gasteiger partial charge in [0, 0.05) is 44.2 Å². The summed E-state index contributed by atoms with van der Waals surface area (Å²) in [5.74, 6) is -0.783. The number of carbonyl (C=O) groups excluding carboxylic acids is 1. The quantitative estimate of drug-likeness (QED) is 0.438. The Bertz CT molecular complexity index is 1420. The lowest BCUT2D eigenvalue weighted by Crippen LogP contribution is -2.49. The first-order valence-corrected chi connectivity index (χ1v) is 13.0. The number of halogens is 5. The van der Waals surface area contributed by atoms with Gasteiger partial charge in [0.25, 0.3) is 5.91 Å². The van der Waals surface area contributed by atoms with E-state index in [1.165, 1.54) is 41.3 Å². The summed E-state index contributed by atoms with van der Waals surface area (Å²) in [6.45, 7) is 0.850. The second-order valence-electron chi connectivity index (χ2n) is 8.30. The minimum atomic E-state index is -4.57. The molecular weight excluding hydrogens is 522 g/mol. The van der Waals surface area contributed by atoms with Crippen LogP contribution in [0.2, 0.25) is 5.02 Å². The molecule has 1 amide bonds. The van der Waals surface area contributed by atoms with Crippen LogP contribution in [0, 0.1) is 5.82 Å². The highest BCUT2D eigenvalue weighted by Crippen LogP contribution is 2.34. The van der Waals surface area contributed by atoms with Crippen LogP contribution in [0.3, 0.4) is 0 Å². The van der Waals surface area contributed by atoms with Crippen LogP contribution in [0.15, 0.2) is 59.6 Å². The average Bonchev–Trinajstić information content (AvgIpc) is 2.82. The minimum absolute atomic E-state index is 0.0506. The lowest BCUT2D eigenvalue weighted by molar-refractivity contribution is -0.137. The molecule has 0 bridgehead atoms. The van der Waals surface area contributed by atoms with Gasteiger partial charge in [0.05, 0.1) is 15.5 Å². The molecule has 0 aliphatic carbocycles. The van der Waals surface area contributed by atoms with Gasteiger partial charge in [-0.05, 0) is 41.5 Å². The highest BCUT2D eigenvalue weighted by atomic mass is 35.5. The lowest BCUT2D eigenvalue weighted by atomic mass is 9.98. The smallest absolute Gasteiger partial charge is 0.352 e. The SMILES string of the molecule is CS(=O)(=O)c1ccc(-c2cccc(F)c2)c(C(=O)N2CCN(c3ncc(C(F)(F)F)cc3Cl)CC2)c1. The van der Waals surface area contributed by atoms with Gasteiger partial charge in [-0.2, -0.15) is 13.2 Å². The van der Waals surface area contributed by atoms with Gasteiger partial charge in [-0.15, -0.1) is 0 Å². The van der Waals surface area contributed by atoms with E-state index in [2.05, 4.69) is 4.98 Å². The van der Waals surface area contributed by atoms with Gasteiger partial charge in [0.2, 0.25) is 0 Å². The van der Waals surface area contributed by atoms with E-state index < -0.39 is 33.3 Å². The van der Waals surface area contributed by atoms with Crippen LogP contribution >= 0.6 is 11.6 Å². The summed E-state index contributed by atoms with van der Waals surface area (Å²) >= 11 is 6.05. The number of carbonyl (C=O) groups is 1. The van der Waals surface area contributed by atoms with E-state index in [0.717, 1.165) is 12.3 Å². The van der Waals surface area contributed by atoms with E-state index >= 15 is 0 Å². The normalized spacial score (nSPS) is 14.7. The monoisotopic (exact) mass is 541 g/mol. The number of hydrogen-bond donors (Lipinski definition) is 0. The molecule has 0 atom stereocenters. The van der Waals surface area contributed by atoms with Gasteiger partial charge in [-0.25, -0.2) is 17.8 Å². The molecule has 1 aliphatic rings. The Morgan fingerprint density at radius 1 is 1.03 bits per heavy atom. The zero-order valence-electron chi connectivity index (χ0n) is 18.9. The first kappa shape index (κ1) is 25.9. The molecule has 0 saturated carbocycles. The molecule has 2 heterocycles. The summed E-state index contributed by atoms with van der Waals surface area (Å²) in [5.41, 5.74) is -0.0667. The largest absolute Gasteiger partial charge is 0.417 e. The Morgan fingerprint density at radius 2 is 1.72 bits per heavy atom. The predicted octanol–water partition coefficient (Wildman–Crippen LogP) is 4.93. The summed E-state index contributed by atoms with van der Waals surface area (Å²) in [4.78, 5) is 20.5. The van der Waals surface area contributed by atoms with Crippen molar-refractivity contribution in [1.29, 1.82) is 0 Å². The van der Waals surface area contributed by atoms with E-state index in [1.807, 2.05) is 0 Å². The molecule has 0 radical (unpaired) electrons. The lowest BCUT2D eigenvalue weighted by Gasteiger charge is -2.36. The van der Waals surface area contributed by atoms with Crippen molar-refractivity contribution in [2.75, 3.05) is 37.3 Å². The molecule has 0 unspecified atom stereocenters. The Labute approximate surface area is 210 Å². The first-order valence-electron chi connectivity index (χ1n) is 10.7. The second kappa shape index (κ2) is 9.70. The Morgan fingerprint density at radius 3 is 2.31 bits per heavy atom. The van der Waals surface area contributed by atoms with Crippen LogP contribution in [0.1, 0.15) is 15.9 Å². The number of pyridine rings is 1. The standard InChI is InChI=1S/C24H20ClF4N3O3S/c1-36(34,35)18-5-6-19(15-3-2-4-17(26)11-15)20(13-18)23(33)32-9-7-31(8-10-32)22-21(25)12-16(14-30-22)24(27,28)29/h2-6,11-14H,7-10H2,1H3. The van der Waals surface area contributed by atoms with Crippen LogP contribution < -0.4 is 4.90 Å². The number of aromatic nitrogens is 1. The van der Waals surface area contributed by atoms with E-state index in [-0.39, 0.29) is 47.5 Å². The van der Waals surface area contributed by atoms with Gasteiger partial charge >= 0.3 is 6.18 Å². The average molecular weight is 542 g/mol. The maximum Gasteiger partial charge on any atom is 0.417 e. The molecular formula is C24H20ClF4N3O3S. The van der Waals surface area contributed by atoms with Gasteiger partial charge in [0.1, 0.15) is 11.6 Å². The van der Waals surface area contributed by atoms with Crippen molar-refractivity contribution in [3.8, 4) is 11.1 Å². The number of anilines is 1. The third-order valence-electron chi connectivity index (χ3n) is 5.80. The summed E-state index contributed by atoms with van der Waals surface area (Å²) in [6.07, 6.45) is -2.83. The number of benzene rings is 2. The maximum atomic E-state index is 13.9. The van der Waals surface area contributed by atoms with Crippen molar-refractivity contribution in [1.82, 2.24) is 9.88 Å². The summed E-state index contributed by atoms with van der Waals surface area (Å²) in [6, 6.07) is 10.5. The molecule has 6 nitrogen and oxygen atoms in total. The van der Waals surface area contributed by atoms with Crippen molar-refractivity contribution >= 4 is 33.2 Å². The van der Waals surface area contributed by atoms with Crippen LogP contribution in [-0.4, -0.2) is 56.6 Å². The molecule has 0 N–H and O–H groups in total. The molecule has 1 saturated heterocycles. The highest BCUT2D eigenvalue weighted by molar-refractivity contribution is 7.90. The fourth-order valence-electron chi connectivity index (χ4n) is 3.95. The van der Waals surface area contributed by atoms with E-state index in [9.17, 15) is 30.8 Å². The van der Waals surface area contributed by atoms with Crippen LogP contribution in [0.5, 0.6) is 0 Å².